The highest BCUT2D eigenvalue weighted by Gasteiger charge is 2.52. The molecule has 0 spiro atoms. The van der Waals surface area contributed by atoms with Crippen LogP contribution in [0.25, 0.3) is 0 Å². The lowest BCUT2D eigenvalue weighted by Crippen LogP contribution is -2.26. The molecule has 3 unspecified atom stereocenters. The Hall–Kier alpha value is -0.830. The Morgan fingerprint density at radius 1 is 1.44 bits per heavy atom. The van der Waals surface area contributed by atoms with Crippen LogP contribution in [0.1, 0.15) is 31.2 Å². The van der Waals surface area contributed by atoms with E-state index in [9.17, 15) is 0 Å². The minimum Gasteiger partial charge on any atom is -0.327 e. The molecule has 2 aliphatic carbocycles. The minimum atomic E-state index is 0.359. The van der Waals surface area contributed by atoms with Gasteiger partial charge in [-0.05, 0) is 42.6 Å². The van der Waals surface area contributed by atoms with Gasteiger partial charge in [-0.15, -0.1) is 0 Å². The van der Waals surface area contributed by atoms with Gasteiger partial charge in [-0.2, -0.15) is 5.10 Å². The van der Waals surface area contributed by atoms with Crippen molar-refractivity contribution < 1.29 is 0 Å². The third kappa shape index (κ3) is 1.77. The summed E-state index contributed by atoms with van der Waals surface area (Å²) in [6.07, 6.45) is 10.8. The number of nitrogens with two attached hydrogens (primary N) is 1. The van der Waals surface area contributed by atoms with Crippen molar-refractivity contribution in [2.24, 2.45) is 30.5 Å². The third-order valence-electron chi connectivity index (χ3n) is 4.45. The zero-order valence-corrected chi connectivity index (χ0v) is 9.97. The van der Waals surface area contributed by atoms with Crippen LogP contribution in [0.15, 0.2) is 12.4 Å². The quantitative estimate of drug-likeness (QED) is 0.841. The summed E-state index contributed by atoms with van der Waals surface area (Å²) in [5, 5.41) is 4.20. The van der Waals surface area contributed by atoms with E-state index >= 15 is 0 Å². The van der Waals surface area contributed by atoms with Crippen LogP contribution in [0.3, 0.4) is 0 Å². The van der Waals surface area contributed by atoms with E-state index in [0.717, 1.165) is 24.2 Å². The fourth-order valence-electron chi connectivity index (χ4n) is 3.67. The Labute approximate surface area is 97.0 Å². The third-order valence-corrected chi connectivity index (χ3v) is 4.45. The molecule has 3 heteroatoms. The molecule has 3 rings (SSSR count). The smallest absolute Gasteiger partial charge is 0.0522 e. The topological polar surface area (TPSA) is 43.8 Å². The maximum atomic E-state index is 6.34. The lowest BCUT2D eigenvalue weighted by atomic mass is 10.0. The van der Waals surface area contributed by atoms with E-state index in [1.54, 1.807) is 0 Å². The first-order valence-corrected chi connectivity index (χ1v) is 6.49. The summed E-state index contributed by atoms with van der Waals surface area (Å²) < 4.78 is 1.86. The molecule has 16 heavy (non-hydrogen) atoms. The first-order chi connectivity index (χ1) is 7.75. The van der Waals surface area contributed by atoms with E-state index in [2.05, 4.69) is 11.3 Å². The molecule has 2 saturated carbocycles. The summed E-state index contributed by atoms with van der Waals surface area (Å²) in [5.41, 5.74) is 7.63. The molecule has 0 radical (unpaired) electrons. The molecule has 2 aliphatic rings. The normalized spacial score (nSPS) is 34.5. The minimum absolute atomic E-state index is 0.359. The van der Waals surface area contributed by atoms with Crippen LogP contribution in [-0.2, 0) is 13.5 Å². The van der Waals surface area contributed by atoms with Crippen molar-refractivity contribution in [1.82, 2.24) is 9.78 Å². The molecule has 3 atom stereocenters. The van der Waals surface area contributed by atoms with E-state index in [4.69, 9.17) is 5.73 Å². The number of nitrogens with zero attached hydrogens (tertiary/aromatic N) is 2. The fraction of sp³-hybridized carbons (Fsp3) is 0.769. The van der Waals surface area contributed by atoms with Gasteiger partial charge in [0.15, 0.2) is 0 Å². The molecule has 0 aliphatic heterocycles. The zero-order chi connectivity index (χ0) is 11.1. The van der Waals surface area contributed by atoms with Crippen LogP contribution in [0.2, 0.25) is 0 Å². The highest BCUT2D eigenvalue weighted by molar-refractivity contribution is 5.11. The summed E-state index contributed by atoms with van der Waals surface area (Å²) in [5.74, 6) is 2.73. The van der Waals surface area contributed by atoms with E-state index in [1.807, 2.05) is 17.9 Å². The highest BCUT2D eigenvalue weighted by Crippen LogP contribution is 2.56. The number of hydrogen-bond donors (Lipinski definition) is 1. The number of hydrogen-bond acceptors (Lipinski definition) is 2. The predicted molar refractivity (Wildman–Crippen MR) is 63.8 cm³/mol. The van der Waals surface area contributed by atoms with Gasteiger partial charge in [0.2, 0.25) is 0 Å². The largest absolute Gasteiger partial charge is 0.327 e. The standard InChI is InChI=1S/C13H21N3/c1-16-8-9(7-15-16)6-12(14)13-10-4-2-3-5-11(10)13/h7-8,10-13H,2-6,14H2,1H3. The Morgan fingerprint density at radius 2 is 2.12 bits per heavy atom. The Morgan fingerprint density at radius 3 is 2.69 bits per heavy atom. The second-order valence-electron chi connectivity index (χ2n) is 5.58. The highest BCUT2D eigenvalue weighted by atomic mass is 15.2. The summed E-state index contributed by atoms with van der Waals surface area (Å²) in [6.45, 7) is 0. The van der Waals surface area contributed by atoms with E-state index in [-0.39, 0.29) is 0 Å². The van der Waals surface area contributed by atoms with E-state index in [1.165, 1.54) is 31.2 Å². The van der Waals surface area contributed by atoms with Crippen molar-refractivity contribution in [2.75, 3.05) is 0 Å². The van der Waals surface area contributed by atoms with Gasteiger partial charge in [0.25, 0.3) is 0 Å². The second kappa shape index (κ2) is 3.88. The van der Waals surface area contributed by atoms with E-state index < -0.39 is 0 Å². The maximum Gasteiger partial charge on any atom is 0.0522 e. The average molecular weight is 219 g/mol. The molecule has 1 aromatic heterocycles. The number of fused-ring (bicyclic) bond motifs is 1. The SMILES string of the molecule is Cn1cc(CC(N)C2C3CCCCC32)cn1. The zero-order valence-electron chi connectivity index (χ0n) is 9.97. The molecule has 0 bridgehead atoms. The van der Waals surface area contributed by atoms with Crippen LogP contribution in [0, 0.1) is 17.8 Å². The van der Waals surface area contributed by atoms with Crippen LogP contribution < -0.4 is 5.73 Å². The van der Waals surface area contributed by atoms with Crippen LogP contribution >= 0.6 is 0 Å². The van der Waals surface area contributed by atoms with Crippen molar-refractivity contribution in [3.8, 4) is 0 Å². The van der Waals surface area contributed by atoms with Gasteiger partial charge >= 0.3 is 0 Å². The monoisotopic (exact) mass is 219 g/mol. The molecule has 2 fully saturated rings. The van der Waals surface area contributed by atoms with Gasteiger partial charge in [0.1, 0.15) is 0 Å². The van der Waals surface area contributed by atoms with Crippen molar-refractivity contribution in [3.63, 3.8) is 0 Å². The molecule has 0 aromatic carbocycles. The second-order valence-corrected chi connectivity index (χ2v) is 5.58. The van der Waals surface area contributed by atoms with Gasteiger partial charge in [-0.1, -0.05) is 12.8 Å². The number of aryl methyl sites for hydroxylation is 1. The number of rotatable bonds is 3. The van der Waals surface area contributed by atoms with Crippen LogP contribution in [-0.4, -0.2) is 15.8 Å². The van der Waals surface area contributed by atoms with Crippen LogP contribution in [0.4, 0.5) is 0 Å². The van der Waals surface area contributed by atoms with Crippen molar-refractivity contribution in [1.29, 1.82) is 0 Å². The van der Waals surface area contributed by atoms with Crippen molar-refractivity contribution >= 4 is 0 Å². The van der Waals surface area contributed by atoms with Gasteiger partial charge in [-0.3, -0.25) is 4.68 Å². The maximum absolute atomic E-state index is 6.34. The van der Waals surface area contributed by atoms with Crippen molar-refractivity contribution in [2.45, 2.75) is 38.1 Å². The van der Waals surface area contributed by atoms with Gasteiger partial charge in [-0.25, -0.2) is 0 Å². The molecule has 3 nitrogen and oxygen atoms in total. The number of aromatic nitrogens is 2. The molecule has 88 valence electrons. The first-order valence-electron chi connectivity index (χ1n) is 6.49. The molecule has 1 aromatic rings. The first kappa shape index (κ1) is 10.3. The summed E-state index contributed by atoms with van der Waals surface area (Å²) in [4.78, 5) is 0. The average Bonchev–Trinajstić information content (AvgIpc) is 2.88. The molecule has 0 saturated heterocycles. The Balaban J connectivity index is 1.60. The lowest BCUT2D eigenvalue weighted by molar-refractivity contribution is 0.480. The van der Waals surface area contributed by atoms with Gasteiger partial charge in [0.05, 0.1) is 6.20 Å². The van der Waals surface area contributed by atoms with Gasteiger partial charge < -0.3 is 5.73 Å². The molecule has 0 amide bonds. The molecule has 1 heterocycles. The predicted octanol–water partition coefficient (Wildman–Crippen LogP) is 1.73. The summed E-state index contributed by atoms with van der Waals surface area (Å²) in [6, 6.07) is 0.359. The molecular weight excluding hydrogens is 198 g/mol. The fourth-order valence-corrected chi connectivity index (χ4v) is 3.67. The van der Waals surface area contributed by atoms with E-state index in [0.29, 0.717) is 6.04 Å². The van der Waals surface area contributed by atoms with Crippen LogP contribution in [0.5, 0.6) is 0 Å². The van der Waals surface area contributed by atoms with Crippen molar-refractivity contribution in [3.05, 3.63) is 18.0 Å². The summed E-state index contributed by atoms with van der Waals surface area (Å²) in [7, 11) is 1.96. The summed E-state index contributed by atoms with van der Waals surface area (Å²) >= 11 is 0. The lowest BCUT2D eigenvalue weighted by Gasteiger charge is -2.09. The Bertz CT molecular complexity index is 359. The molecular formula is C13H21N3. The van der Waals surface area contributed by atoms with Gasteiger partial charge in [0, 0.05) is 19.3 Å². The molecule has 2 N–H and O–H groups in total. The Kier molecular flexibility index (Phi) is 2.51.